The van der Waals surface area contributed by atoms with E-state index >= 15 is 0 Å². The first-order chi connectivity index (χ1) is 8.19. The smallest absolute Gasteiger partial charge is 0.408 e. The molecule has 0 bridgehead atoms. The lowest BCUT2D eigenvalue weighted by Crippen LogP contribution is -2.44. The maximum absolute atomic E-state index is 12.3. The van der Waals surface area contributed by atoms with E-state index in [2.05, 4.69) is 5.32 Å². The van der Waals surface area contributed by atoms with Gasteiger partial charge in [-0.3, -0.25) is 8.78 Å². The van der Waals surface area contributed by atoms with Crippen molar-refractivity contribution in [2.75, 3.05) is 13.3 Å². The Hall–Kier alpha value is -1.40. The van der Waals surface area contributed by atoms with Crippen LogP contribution in [-0.4, -0.2) is 42.2 Å². The van der Waals surface area contributed by atoms with Crippen LogP contribution < -0.4 is 5.32 Å². The van der Waals surface area contributed by atoms with E-state index in [0.29, 0.717) is 0 Å². The summed E-state index contributed by atoms with van der Waals surface area (Å²) in [5.41, 5.74) is -0.771. The van der Waals surface area contributed by atoms with Crippen molar-refractivity contribution < 1.29 is 28.2 Å². The number of carbonyl (C=O) groups excluding carboxylic acids is 1. The Balaban J connectivity index is 4.45. The largest absolute Gasteiger partial charge is 0.480 e. The van der Waals surface area contributed by atoms with E-state index < -0.39 is 43.0 Å². The summed E-state index contributed by atoms with van der Waals surface area (Å²) in [5, 5.41) is 10.9. The standard InChI is InChI=1S/C11H19F2NO4/c1-11(2,3)18-10(17)14-8(9(15)16)4-7(5-12)6-13/h7-8H,4-6H2,1-3H3,(H,14,17)(H,15,16). The third kappa shape index (κ3) is 7.03. The second-order valence-corrected chi connectivity index (χ2v) is 4.95. The fourth-order valence-electron chi connectivity index (χ4n) is 1.17. The topological polar surface area (TPSA) is 75.6 Å². The summed E-state index contributed by atoms with van der Waals surface area (Å²) in [6, 6.07) is -1.36. The molecule has 0 fully saturated rings. The summed E-state index contributed by atoms with van der Waals surface area (Å²) in [6.07, 6.45) is -1.24. The number of alkyl carbamates (subject to hydrolysis) is 1. The van der Waals surface area contributed by atoms with Gasteiger partial charge in [-0.1, -0.05) is 0 Å². The first-order valence-corrected chi connectivity index (χ1v) is 5.53. The minimum atomic E-state index is -1.36. The van der Waals surface area contributed by atoms with Crippen LogP contribution in [0.15, 0.2) is 0 Å². The predicted molar refractivity (Wildman–Crippen MR) is 60.9 cm³/mol. The van der Waals surface area contributed by atoms with Gasteiger partial charge in [0.1, 0.15) is 11.6 Å². The third-order valence-corrected chi connectivity index (χ3v) is 1.99. The number of hydrogen-bond donors (Lipinski definition) is 2. The molecule has 0 aliphatic heterocycles. The maximum atomic E-state index is 12.3. The number of carboxylic acids is 1. The van der Waals surface area contributed by atoms with Crippen LogP contribution in [-0.2, 0) is 9.53 Å². The average Bonchev–Trinajstić information content (AvgIpc) is 2.21. The van der Waals surface area contributed by atoms with Gasteiger partial charge in [0.2, 0.25) is 0 Å². The lowest BCUT2D eigenvalue weighted by molar-refractivity contribution is -0.140. The number of amides is 1. The number of aliphatic carboxylic acids is 1. The third-order valence-electron chi connectivity index (χ3n) is 1.99. The fraction of sp³-hybridized carbons (Fsp3) is 0.818. The van der Waals surface area contributed by atoms with Crippen molar-refractivity contribution in [3.05, 3.63) is 0 Å². The summed E-state index contributed by atoms with van der Waals surface area (Å²) in [6.45, 7) is 2.91. The Morgan fingerprint density at radius 3 is 2.11 bits per heavy atom. The van der Waals surface area contributed by atoms with Gasteiger partial charge in [0.05, 0.1) is 13.3 Å². The lowest BCUT2D eigenvalue weighted by Gasteiger charge is -2.23. The molecule has 0 aromatic rings. The van der Waals surface area contributed by atoms with Gasteiger partial charge in [-0.05, 0) is 27.2 Å². The first kappa shape index (κ1) is 16.6. The molecule has 106 valence electrons. The van der Waals surface area contributed by atoms with E-state index in [-0.39, 0.29) is 6.42 Å². The molecular formula is C11H19F2NO4. The Labute approximate surface area is 105 Å². The summed E-state index contributed by atoms with van der Waals surface area (Å²) in [4.78, 5) is 22.2. The van der Waals surface area contributed by atoms with Crippen molar-refractivity contribution >= 4 is 12.1 Å². The second kappa shape index (κ2) is 7.13. The Bertz CT molecular complexity index is 287. The summed E-state index contributed by atoms with van der Waals surface area (Å²) in [5.74, 6) is -2.39. The molecule has 0 aromatic carbocycles. The number of hydrogen-bond acceptors (Lipinski definition) is 3. The lowest BCUT2D eigenvalue weighted by atomic mass is 10.0. The number of halogens is 2. The van der Waals surface area contributed by atoms with Crippen LogP contribution in [0.25, 0.3) is 0 Å². The Kier molecular flexibility index (Phi) is 6.57. The van der Waals surface area contributed by atoms with Crippen molar-refractivity contribution in [1.29, 1.82) is 0 Å². The van der Waals surface area contributed by atoms with Gasteiger partial charge in [0, 0.05) is 5.92 Å². The van der Waals surface area contributed by atoms with Gasteiger partial charge in [-0.25, -0.2) is 9.59 Å². The zero-order valence-electron chi connectivity index (χ0n) is 10.7. The van der Waals surface area contributed by atoms with Crippen LogP contribution in [0.4, 0.5) is 13.6 Å². The number of carbonyl (C=O) groups is 2. The maximum Gasteiger partial charge on any atom is 0.408 e. The van der Waals surface area contributed by atoms with Gasteiger partial charge >= 0.3 is 12.1 Å². The molecule has 0 saturated carbocycles. The van der Waals surface area contributed by atoms with Gasteiger partial charge in [-0.15, -0.1) is 0 Å². The molecule has 0 radical (unpaired) electrons. The van der Waals surface area contributed by atoms with E-state index in [4.69, 9.17) is 9.84 Å². The fourth-order valence-corrected chi connectivity index (χ4v) is 1.17. The molecule has 0 aromatic heterocycles. The second-order valence-electron chi connectivity index (χ2n) is 4.95. The normalized spacial score (nSPS) is 13.2. The number of carboxylic acid groups (broad SMARTS) is 1. The quantitative estimate of drug-likeness (QED) is 0.770. The van der Waals surface area contributed by atoms with E-state index in [9.17, 15) is 18.4 Å². The van der Waals surface area contributed by atoms with E-state index in [1.165, 1.54) is 0 Å². The number of rotatable bonds is 6. The van der Waals surface area contributed by atoms with Crippen LogP contribution in [0.2, 0.25) is 0 Å². The number of ether oxygens (including phenoxy) is 1. The predicted octanol–water partition coefficient (Wildman–Crippen LogP) is 1.91. The zero-order valence-corrected chi connectivity index (χ0v) is 10.7. The molecule has 5 nitrogen and oxygen atoms in total. The zero-order chi connectivity index (χ0) is 14.3. The van der Waals surface area contributed by atoms with Crippen LogP contribution in [0.3, 0.4) is 0 Å². The highest BCUT2D eigenvalue weighted by Crippen LogP contribution is 2.11. The molecule has 0 spiro atoms. The monoisotopic (exact) mass is 267 g/mol. The van der Waals surface area contributed by atoms with Gasteiger partial charge < -0.3 is 15.2 Å². The van der Waals surface area contributed by atoms with Crippen LogP contribution in [0.5, 0.6) is 0 Å². The molecule has 1 atom stereocenters. The minimum absolute atomic E-state index is 0.318. The molecule has 7 heteroatoms. The van der Waals surface area contributed by atoms with Crippen molar-refractivity contribution in [3.63, 3.8) is 0 Å². The van der Waals surface area contributed by atoms with Crippen molar-refractivity contribution in [2.45, 2.75) is 38.8 Å². The number of nitrogens with one attached hydrogen (secondary N) is 1. The molecular weight excluding hydrogens is 248 g/mol. The highest BCUT2D eigenvalue weighted by molar-refractivity contribution is 5.80. The van der Waals surface area contributed by atoms with Crippen LogP contribution >= 0.6 is 0 Å². The van der Waals surface area contributed by atoms with Crippen molar-refractivity contribution in [3.8, 4) is 0 Å². The average molecular weight is 267 g/mol. The highest BCUT2D eigenvalue weighted by Gasteiger charge is 2.26. The molecule has 0 heterocycles. The van der Waals surface area contributed by atoms with Crippen LogP contribution in [0.1, 0.15) is 27.2 Å². The van der Waals surface area contributed by atoms with Gasteiger partial charge in [0.25, 0.3) is 0 Å². The highest BCUT2D eigenvalue weighted by atomic mass is 19.1. The van der Waals surface area contributed by atoms with Crippen molar-refractivity contribution in [2.24, 2.45) is 5.92 Å². The van der Waals surface area contributed by atoms with E-state index in [1.54, 1.807) is 20.8 Å². The molecule has 2 N–H and O–H groups in total. The molecule has 1 unspecified atom stereocenters. The molecule has 0 saturated heterocycles. The Morgan fingerprint density at radius 1 is 1.28 bits per heavy atom. The van der Waals surface area contributed by atoms with E-state index in [1.807, 2.05) is 0 Å². The van der Waals surface area contributed by atoms with Gasteiger partial charge in [0.15, 0.2) is 0 Å². The van der Waals surface area contributed by atoms with Crippen molar-refractivity contribution in [1.82, 2.24) is 5.32 Å². The Morgan fingerprint density at radius 2 is 1.78 bits per heavy atom. The van der Waals surface area contributed by atoms with Crippen LogP contribution in [0, 0.1) is 5.92 Å². The summed E-state index contributed by atoms with van der Waals surface area (Å²) >= 11 is 0. The molecule has 0 aliphatic carbocycles. The summed E-state index contributed by atoms with van der Waals surface area (Å²) in [7, 11) is 0. The molecule has 1 amide bonds. The molecule has 18 heavy (non-hydrogen) atoms. The van der Waals surface area contributed by atoms with Gasteiger partial charge in [-0.2, -0.15) is 0 Å². The minimum Gasteiger partial charge on any atom is -0.480 e. The number of alkyl halides is 2. The molecule has 0 aliphatic rings. The first-order valence-electron chi connectivity index (χ1n) is 5.53. The SMILES string of the molecule is CC(C)(C)OC(=O)NC(CC(CF)CF)C(=O)O. The van der Waals surface area contributed by atoms with E-state index in [0.717, 1.165) is 0 Å². The summed E-state index contributed by atoms with van der Waals surface area (Å²) < 4.78 is 29.5. The molecule has 0 rings (SSSR count).